The Kier molecular flexibility index (Phi) is 12.3. The normalized spacial score (nSPS) is 18.8. The van der Waals surface area contributed by atoms with Gasteiger partial charge >= 0.3 is 6.09 Å². The van der Waals surface area contributed by atoms with Crippen molar-refractivity contribution in [3.05, 3.63) is 47.5 Å². The smallest absolute Gasteiger partial charge is 0.410 e. The zero-order valence-electron chi connectivity index (χ0n) is 29.1. The van der Waals surface area contributed by atoms with Crippen molar-refractivity contribution in [2.24, 2.45) is 23.7 Å². The summed E-state index contributed by atoms with van der Waals surface area (Å²) in [5.74, 6) is 2.47. The molecule has 0 spiro atoms. The summed E-state index contributed by atoms with van der Waals surface area (Å²) in [6.45, 7) is 15.0. The van der Waals surface area contributed by atoms with Crippen LogP contribution in [0.25, 0.3) is 0 Å². The van der Waals surface area contributed by atoms with Crippen molar-refractivity contribution in [1.29, 1.82) is 0 Å². The Morgan fingerprint density at radius 2 is 1.76 bits per heavy atom. The lowest BCUT2D eigenvalue weighted by atomic mass is 9.78. The third kappa shape index (κ3) is 10.0. The molecule has 0 unspecified atom stereocenters. The highest BCUT2D eigenvalue weighted by molar-refractivity contribution is 5.92. The number of aromatic nitrogens is 2. The zero-order valence-corrected chi connectivity index (χ0v) is 29.1. The van der Waals surface area contributed by atoms with Crippen molar-refractivity contribution in [3.8, 4) is 11.5 Å². The predicted octanol–water partition coefficient (Wildman–Crippen LogP) is 6.20. The van der Waals surface area contributed by atoms with Gasteiger partial charge in [-0.3, -0.25) is 9.78 Å². The Bertz CT molecular complexity index is 1290. The SMILES string of the molecule is COCCCOc1cc(C[C@@H](C[C@@H]2CN(C(=O)OC(C)(C)C)C[C@H]2CN(C(=O)c2cnc(C)cn2)C2CC2)C(C)C)ccc1OC. The molecule has 1 saturated heterocycles. The lowest BCUT2D eigenvalue weighted by molar-refractivity contribution is 0.0281. The van der Waals surface area contributed by atoms with E-state index in [9.17, 15) is 9.59 Å². The van der Waals surface area contributed by atoms with Crippen LogP contribution in [0.3, 0.4) is 0 Å². The molecular formula is C36H54N4O6. The molecule has 1 aliphatic heterocycles. The van der Waals surface area contributed by atoms with Crippen LogP contribution in [0.1, 0.15) is 82.0 Å². The van der Waals surface area contributed by atoms with Crippen LogP contribution in [0.2, 0.25) is 0 Å². The lowest BCUT2D eigenvalue weighted by Gasteiger charge is -2.31. The summed E-state index contributed by atoms with van der Waals surface area (Å²) < 4.78 is 22.6. The number of aryl methyl sites for hydroxylation is 1. The second-order valence-electron chi connectivity index (χ2n) is 14.3. The van der Waals surface area contributed by atoms with Crippen molar-refractivity contribution in [1.82, 2.24) is 19.8 Å². The van der Waals surface area contributed by atoms with Gasteiger partial charge in [0.2, 0.25) is 0 Å². The highest BCUT2D eigenvalue weighted by atomic mass is 16.6. The van der Waals surface area contributed by atoms with E-state index in [0.717, 1.165) is 43.5 Å². The van der Waals surface area contributed by atoms with E-state index in [4.69, 9.17) is 18.9 Å². The molecule has 1 saturated carbocycles. The van der Waals surface area contributed by atoms with Crippen molar-refractivity contribution in [2.45, 2.75) is 85.3 Å². The molecule has 2 aromatic rings. The van der Waals surface area contributed by atoms with E-state index in [1.807, 2.05) is 43.6 Å². The van der Waals surface area contributed by atoms with Crippen molar-refractivity contribution >= 4 is 12.0 Å². The van der Waals surface area contributed by atoms with Gasteiger partial charge in [0, 0.05) is 52.0 Å². The van der Waals surface area contributed by atoms with E-state index in [0.29, 0.717) is 56.1 Å². The molecule has 0 N–H and O–H groups in total. The van der Waals surface area contributed by atoms with E-state index in [2.05, 4.69) is 35.9 Å². The molecule has 4 rings (SSSR count). The maximum atomic E-state index is 13.7. The number of nitrogens with zero attached hydrogens (tertiary/aromatic N) is 4. The summed E-state index contributed by atoms with van der Waals surface area (Å²) in [5, 5.41) is 0. The molecule has 10 heteroatoms. The molecule has 2 aliphatic rings. The number of hydrogen-bond donors (Lipinski definition) is 0. The molecule has 10 nitrogen and oxygen atoms in total. The molecule has 1 aromatic carbocycles. The topological polar surface area (TPSA) is 103 Å². The Morgan fingerprint density at radius 3 is 2.37 bits per heavy atom. The van der Waals surface area contributed by atoms with Crippen LogP contribution in [-0.4, -0.2) is 90.5 Å². The van der Waals surface area contributed by atoms with Gasteiger partial charge in [-0.05, 0) is 94.7 Å². The zero-order chi connectivity index (χ0) is 33.4. The molecule has 3 atom stereocenters. The molecule has 2 fully saturated rings. The maximum absolute atomic E-state index is 13.7. The van der Waals surface area contributed by atoms with Crippen LogP contribution in [0, 0.1) is 30.6 Å². The highest BCUT2D eigenvalue weighted by Crippen LogP contribution is 2.38. The quantitative estimate of drug-likeness (QED) is 0.213. The number of hydrogen-bond acceptors (Lipinski definition) is 8. The van der Waals surface area contributed by atoms with Crippen LogP contribution in [0.15, 0.2) is 30.6 Å². The average Bonchev–Trinajstić information content (AvgIpc) is 3.77. The van der Waals surface area contributed by atoms with E-state index in [1.54, 1.807) is 26.6 Å². The summed E-state index contributed by atoms with van der Waals surface area (Å²) in [5.41, 5.74) is 1.76. The molecule has 0 radical (unpaired) electrons. The van der Waals surface area contributed by atoms with Crippen molar-refractivity contribution < 1.29 is 28.5 Å². The number of methoxy groups -OCH3 is 2. The molecule has 1 aromatic heterocycles. The highest BCUT2D eigenvalue weighted by Gasteiger charge is 2.43. The average molecular weight is 639 g/mol. The standard InChI is InChI=1S/C36H54N4O6/c1-24(2)27(16-26-10-13-32(44-8)33(17-26)45-15-9-14-43-7)18-28-21-39(35(42)46-36(4,5)6)22-29(28)23-40(30-11-12-30)34(41)31-20-37-25(3)19-38-31/h10,13,17,19-20,24,27-30H,9,11-12,14-16,18,21-23H2,1-8H3/t27-,28+,29-/m0/s1. The summed E-state index contributed by atoms with van der Waals surface area (Å²) in [6.07, 6.45) is 7.49. The number of benzene rings is 1. The minimum Gasteiger partial charge on any atom is -0.493 e. The summed E-state index contributed by atoms with van der Waals surface area (Å²) in [7, 11) is 3.35. The van der Waals surface area contributed by atoms with Crippen LogP contribution >= 0.6 is 0 Å². The number of amides is 2. The van der Waals surface area contributed by atoms with Gasteiger partial charge in [0.25, 0.3) is 5.91 Å². The Morgan fingerprint density at radius 1 is 1.02 bits per heavy atom. The van der Waals surface area contributed by atoms with Crippen molar-refractivity contribution in [2.75, 3.05) is 47.1 Å². The van der Waals surface area contributed by atoms with Crippen LogP contribution in [-0.2, 0) is 15.9 Å². The number of ether oxygens (including phenoxy) is 4. The molecule has 0 bridgehead atoms. The molecule has 2 amide bonds. The minimum atomic E-state index is -0.580. The van der Waals surface area contributed by atoms with Gasteiger partial charge in [-0.2, -0.15) is 0 Å². The first kappa shape index (κ1) is 35.5. The van der Waals surface area contributed by atoms with E-state index < -0.39 is 5.60 Å². The lowest BCUT2D eigenvalue weighted by Crippen LogP contribution is -2.40. The van der Waals surface area contributed by atoms with Crippen LogP contribution in [0.4, 0.5) is 4.79 Å². The first-order chi connectivity index (χ1) is 21.9. The van der Waals surface area contributed by atoms with Gasteiger partial charge in [0.1, 0.15) is 11.3 Å². The van der Waals surface area contributed by atoms with Gasteiger partial charge in [-0.1, -0.05) is 19.9 Å². The van der Waals surface area contributed by atoms with Crippen molar-refractivity contribution in [3.63, 3.8) is 0 Å². The number of carbonyl (C=O) groups excluding carboxylic acids is 2. The molecule has 46 heavy (non-hydrogen) atoms. The van der Waals surface area contributed by atoms with E-state index >= 15 is 0 Å². The largest absolute Gasteiger partial charge is 0.493 e. The van der Waals surface area contributed by atoms with Gasteiger partial charge in [-0.25, -0.2) is 9.78 Å². The third-order valence-corrected chi connectivity index (χ3v) is 8.93. The Labute approximate surface area is 275 Å². The van der Waals surface area contributed by atoms with Gasteiger partial charge in [-0.15, -0.1) is 0 Å². The Hall–Kier alpha value is -3.40. The fourth-order valence-electron chi connectivity index (χ4n) is 6.20. The van der Waals surface area contributed by atoms with Crippen LogP contribution in [0.5, 0.6) is 11.5 Å². The number of rotatable bonds is 15. The second kappa shape index (κ2) is 15.9. The fourth-order valence-corrected chi connectivity index (χ4v) is 6.20. The third-order valence-electron chi connectivity index (χ3n) is 8.93. The van der Waals surface area contributed by atoms with Crippen LogP contribution < -0.4 is 9.47 Å². The van der Waals surface area contributed by atoms with E-state index in [-0.39, 0.29) is 29.9 Å². The van der Waals surface area contributed by atoms with E-state index in [1.165, 1.54) is 5.56 Å². The van der Waals surface area contributed by atoms with Gasteiger partial charge in [0.15, 0.2) is 11.5 Å². The Balaban J connectivity index is 1.54. The summed E-state index contributed by atoms with van der Waals surface area (Å²) in [4.78, 5) is 39.5. The van der Waals surface area contributed by atoms with Gasteiger partial charge < -0.3 is 28.7 Å². The monoisotopic (exact) mass is 638 g/mol. The molecule has 1 aliphatic carbocycles. The summed E-state index contributed by atoms with van der Waals surface area (Å²) in [6, 6.07) is 6.39. The molecule has 254 valence electrons. The second-order valence-corrected chi connectivity index (χ2v) is 14.3. The van der Waals surface area contributed by atoms with Gasteiger partial charge in [0.05, 0.1) is 25.6 Å². The minimum absolute atomic E-state index is 0.0823. The maximum Gasteiger partial charge on any atom is 0.410 e. The number of likely N-dealkylation sites (tertiary alicyclic amines) is 1. The first-order valence-electron chi connectivity index (χ1n) is 16.7. The fraction of sp³-hybridized carbons (Fsp3) is 0.667. The predicted molar refractivity (Wildman–Crippen MR) is 177 cm³/mol. The number of carbonyl (C=O) groups is 2. The first-order valence-corrected chi connectivity index (χ1v) is 16.7. The molecular weight excluding hydrogens is 584 g/mol. The summed E-state index contributed by atoms with van der Waals surface area (Å²) >= 11 is 0. The molecule has 2 heterocycles.